The van der Waals surface area contributed by atoms with Gasteiger partial charge in [0.15, 0.2) is 5.96 Å². The molecule has 20 heavy (non-hydrogen) atoms. The second kappa shape index (κ2) is 9.07. The lowest BCUT2D eigenvalue weighted by Gasteiger charge is -2.11. The van der Waals surface area contributed by atoms with Crippen LogP contribution in [0.3, 0.4) is 0 Å². The normalized spacial score (nSPS) is 11.9. The van der Waals surface area contributed by atoms with E-state index in [2.05, 4.69) is 21.7 Å². The van der Waals surface area contributed by atoms with Crippen LogP contribution >= 0.6 is 0 Å². The molecule has 0 aliphatic carbocycles. The van der Waals surface area contributed by atoms with Crippen LogP contribution in [0.2, 0.25) is 0 Å². The first-order chi connectivity index (χ1) is 9.67. The van der Waals surface area contributed by atoms with Crippen molar-refractivity contribution in [3.05, 3.63) is 47.5 Å². The van der Waals surface area contributed by atoms with E-state index in [4.69, 9.17) is 0 Å². The molecule has 0 aliphatic rings. The molecule has 0 fully saturated rings. The number of guanidine groups is 1. The van der Waals surface area contributed by atoms with Crippen LogP contribution in [-0.4, -0.2) is 26.1 Å². The molecule has 0 unspecified atom stereocenters. The summed E-state index contributed by atoms with van der Waals surface area (Å²) in [6, 6.07) is 3.49. The fourth-order valence-electron chi connectivity index (χ4n) is 1.71. The zero-order chi connectivity index (χ0) is 14.8. The first-order valence-electron chi connectivity index (χ1n) is 6.67. The summed E-state index contributed by atoms with van der Waals surface area (Å²) in [5, 5.41) is 6.20. The van der Waals surface area contributed by atoms with Crippen LogP contribution in [0.5, 0.6) is 0 Å². The highest BCUT2D eigenvalue weighted by atomic mass is 19.1. The van der Waals surface area contributed by atoms with Gasteiger partial charge in [0.05, 0.1) is 0 Å². The fourth-order valence-corrected chi connectivity index (χ4v) is 1.71. The van der Waals surface area contributed by atoms with Crippen LogP contribution in [0.25, 0.3) is 0 Å². The molecule has 0 atom stereocenters. The third-order valence-corrected chi connectivity index (χ3v) is 2.76. The van der Waals surface area contributed by atoms with Crippen LogP contribution in [0.1, 0.15) is 18.9 Å². The van der Waals surface area contributed by atoms with Gasteiger partial charge in [0.25, 0.3) is 0 Å². The smallest absolute Gasteiger partial charge is 0.190 e. The first-order valence-corrected chi connectivity index (χ1v) is 6.67. The summed E-state index contributed by atoms with van der Waals surface area (Å²) in [7, 11) is 1.67. The van der Waals surface area contributed by atoms with E-state index < -0.39 is 5.82 Å². The van der Waals surface area contributed by atoms with E-state index in [1.807, 2.05) is 13.0 Å². The van der Waals surface area contributed by atoms with Crippen molar-refractivity contribution in [3.8, 4) is 0 Å². The standard InChI is InChI=1S/C15H21F2N3/c1-3-4-5-9-19-15(18-2)20-10-8-12-11-13(16)6-7-14(12)17/h3-4,6-7,11H,5,8-10H2,1-2H3,(H2,18,19,20). The van der Waals surface area contributed by atoms with Gasteiger partial charge in [-0.3, -0.25) is 4.99 Å². The van der Waals surface area contributed by atoms with E-state index in [9.17, 15) is 8.78 Å². The van der Waals surface area contributed by atoms with E-state index in [1.165, 1.54) is 6.07 Å². The Labute approximate surface area is 118 Å². The van der Waals surface area contributed by atoms with Gasteiger partial charge in [0.1, 0.15) is 11.6 Å². The first kappa shape index (κ1) is 16.1. The third-order valence-electron chi connectivity index (χ3n) is 2.76. The van der Waals surface area contributed by atoms with E-state index in [-0.39, 0.29) is 5.82 Å². The summed E-state index contributed by atoms with van der Waals surface area (Å²) in [6.07, 6.45) is 5.36. The molecule has 0 bridgehead atoms. The summed E-state index contributed by atoms with van der Waals surface area (Å²) >= 11 is 0. The minimum atomic E-state index is -0.421. The number of aliphatic imine (C=N–C) groups is 1. The summed E-state index contributed by atoms with van der Waals surface area (Å²) in [6.45, 7) is 3.24. The van der Waals surface area contributed by atoms with Crippen molar-refractivity contribution in [3.63, 3.8) is 0 Å². The molecule has 110 valence electrons. The van der Waals surface area contributed by atoms with E-state index in [0.717, 1.165) is 25.1 Å². The molecule has 1 rings (SSSR count). The predicted molar refractivity (Wildman–Crippen MR) is 78.9 cm³/mol. The minimum absolute atomic E-state index is 0.363. The highest BCUT2D eigenvalue weighted by molar-refractivity contribution is 5.79. The average molecular weight is 281 g/mol. The molecular weight excluding hydrogens is 260 g/mol. The van der Waals surface area contributed by atoms with Crippen molar-refractivity contribution in [1.29, 1.82) is 0 Å². The predicted octanol–water partition coefficient (Wildman–Crippen LogP) is 2.64. The molecule has 3 nitrogen and oxygen atoms in total. The van der Waals surface area contributed by atoms with Gasteiger partial charge in [-0.25, -0.2) is 8.78 Å². The second-order valence-electron chi connectivity index (χ2n) is 4.27. The molecule has 2 N–H and O–H groups in total. The van der Waals surface area contributed by atoms with E-state index in [1.54, 1.807) is 7.05 Å². The van der Waals surface area contributed by atoms with Crippen molar-refractivity contribution in [2.24, 2.45) is 4.99 Å². The zero-order valence-corrected chi connectivity index (χ0v) is 11.9. The molecule has 0 saturated carbocycles. The van der Waals surface area contributed by atoms with Crippen molar-refractivity contribution in [2.75, 3.05) is 20.1 Å². The van der Waals surface area contributed by atoms with Crippen molar-refractivity contribution < 1.29 is 8.78 Å². The molecule has 0 heterocycles. The van der Waals surface area contributed by atoms with Crippen LogP contribution in [0.4, 0.5) is 8.78 Å². The Bertz CT molecular complexity index is 470. The second-order valence-corrected chi connectivity index (χ2v) is 4.27. The molecular formula is C15H21F2N3. The van der Waals surface area contributed by atoms with Crippen LogP contribution in [-0.2, 0) is 6.42 Å². The molecule has 0 spiro atoms. The lowest BCUT2D eigenvalue weighted by molar-refractivity contribution is 0.583. The summed E-state index contributed by atoms with van der Waals surface area (Å²) in [5.74, 6) is -0.147. The van der Waals surface area contributed by atoms with Gasteiger partial charge < -0.3 is 10.6 Å². The van der Waals surface area contributed by atoms with Gasteiger partial charge >= 0.3 is 0 Å². The number of rotatable bonds is 6. The third kappa shape index (κ3) is 5.82. The van der Waals surface area contributed by atoms with Crippen LogP contribution in [0, 0.1) is 11.6 Å². The Balaban J connectivity index is 2.36. The SMILES string of the molecule is CC=CCCNC(=NC)NCCc1cc(F)ccc1F. The molecule has 5 heteroatoms. The number of nitrogens with one attached hydrogen (secondary N) is 2. The maximum Gasteiger partial charge on any atom is 0.190 e. The molecule has 0 amide bonds. The molecule has 1 aromatic carbocycles. The largest absolute Gasteiger partial charge is 0.356 e. The van der Waals surface area contributed by atoms with Gasteiger partial charge in [-0.05, 0) is 43.5 Å². The average Bonchev–Trinajstić information content (AvgIpc) is 2.45. The number of hydrogen-bond donors (Lipinski definition) is 2. The Morgan fingerprint density at radius 3 is 2.70 bits per heavy atom. The fraction of sp³-hybridized carbons (Fsp3) is 0.400. The van der Waals surface area contributed by atoms with E-state index in [0.29, 0.717) is 24.5 Å². The summed E-state index contributed by atoms with van der Waals surface area (Å²) in [5.41, 5.74) is 0.363. The van der Waals surface area contributed by atoms with Gasteiger partial charge in [0, 0.05) is 20.1 Å². The maximum absolute atomic E-state index is 13.4. The summed E-state index contributed by atoms with van der Waals surface area (Å²) < 4.78 is 26.4. The number of nitrogens with zero attached hydrogens (tertiary/aromatic N) is 1. The molecule has 1 aromatic rings. The number of benzene rings is 1. The Morgan fingerprint density at radius 1 is 1.25 bits per heavy atom. The Morgan fingerprint density at radius 2 is 2.00 bits per heavy atom. The Hall–Kier alpha value is -1.91. The minimum Gasteiger partial charge on any atom is -0.356 e. The molecule has 0 radical (unpaired) electrons. The molecule has 0 aromatic heterocycles. The highest BCUT2D eigenvalue weighted by Crippen LogP contribution is 2.09. The van der Waals surface area contributed by atoms with Gasteiger partial charge in [-0.15, -0.1) is 0 Å². The number of allylic oxidation sites excluding steroid dienone is 1. The topological polar surface area (TPSA) is 36.4 Å². The number of halogens is 2. The van der Waals surface area contributed by atoms with Crippen LogP contribution in [0.15, 0.2) is 35.3 Å². The molecule has 0 aliphatic heterocycles. The van der Waals surface area contributed by atoms with Crippen LogP contribution < -0.4 is 10.6 Å². The monoisotopic (exact) mass is 281 g/mol. The Kier molecular flexibility index (Phi) is 7.32. The van der Waals surface area contributed by atoms with Gasteiger partial charge in [-0.2, -0.15) is 0 Å². The number of hydrogen-bond acceptors (Lipinski definition) is 1. The lowest BCUT2D eigenvalue weighted by Crippen LogP contribution is -2.38. The quantitative estimate of drug-likeness (QED) is 0.364. The molecule has 0 saturated heterocycles. The zero-order valence-electron chi connectivity index (χ0n) is 11.9. The van der Waals surface area contributed by atoms with Crippen molar-refractivity contribution >= 4 is 5.96 Å². The maximum atomic E-state index is 13.4. The lowest BCUT2D eigenvalue weighted by atomic mass is 10.1. The van der Waals surface area contributed by atoms with Crippen molar-refractivity contribution in [2.45, 2.75) is 19.8 Å². The summed E-state index contributed by atoms with van der Waals surface area (Å²) in [4.78, 5) is 4.06. The van der Waals surface area contributed by atoms with E-state index >= 15 is 0 Å². The van der Waals surface area contributed by atoms with Gasteiger partial charge in [-0.1, -0.05) is 12.2 Å². The van der Waals surface area contributed by atoms with Gasteiger partial charge in [0.2, 0.25) is 0 Å². The van der Waals surface area contributed by atoms with Crippen molar-refractivity contribution in [1.82, 2.24) is 10.6 Å². The highest BCUT2D eigenvalue weighted by Gasteiger charge is 2.04.